The minimum atomic E-state index is -0.690. The van der Waals surface area contributed by atoms with Crippen LogP contribution >= 0.6 is 23.2 Å². The molecule has 0 spiro atoms. The second-order valence-electron chi connectivity index (χ2n) is 5.39. The van der Waals surface area contributed by atoms with Gasteiger partial charge in [-0.3, -0.25) is 4.79 Å². The van der Waals surface area contributed by atoms with Crippen LogP contribution in [0.25, 0.3) is 10.8 Å². The summed E-state index contributed by atoms with van der Waals surface area (Å²) in [7, 11) is 0. The standard InChI is InChI=1S/C18H14Cl2N2O3/c1-2-9-22-17(23)13-6-4-3-5-12(13)16(21-22)18(24)25-15-8-7-11(19)10-14(15)20/h3-8,10H,2,9H2,1H3. The van der Waals surface area contributed by atoms with Gasteiger partial charge in [0.2, 0.25) is 0 Å². The molecule has 1 aromatic heterocycles. The lowest BCUT2D eigenvalue weighted by Crippen LogP contribution is -2.27. The Morgan fingerprint density at radius 2 is 1.88 bits per heavy atom. The number of esters is 1. The number of carbonyl (C=O) groups excluding carboxylic acids is 1. The summed E-state index contributed by atoms with van der Waals surface area (Å²) < 4.78 is 6.64. The Balaban J connectivity index is 2.09. The lowest BCUT2D eigenvalue weighted by Gasteiger charge is -2.11. The first-order valence-electron chi connectivity index (χ1n) is 7.68. The number of hydrogen-bond donors (Lipinski definition) is 0. The average Bonchev–Trinajstić information content (AvgIpc) is 2.60. The topological polar surface area (TPSA) is 61.2 Å². The summed E-state index contributed by atoms with van der Waals surface area (Å²) in [5, 5.41) is 5.70. The number of nitrogens with zero attached hydrogens (tertiary/aromatic N) is 2. The van der Waals surface area contributed by atoms with Crippen molar-refractivity contribution in [2.45, 2.75) is 19.9 Å². The molecule has 0 atom stereocenters. The highest BCUT2D eigenvalue weighted by Gasteiger charge is 2.19. The maximum Gasteiger partial charge on any atom is 0.364 e. The molecule has 0 amide bonds. The number of carbonyl (C=O) groups is 1. The second-order valence-corrected chi connectivity index (χ2v) is 6.23. The van der Waals surface area contributed by atoms with Gasteiger partial charge in [-0.05, 0) is 30.7 Å². The van der Waals surface area contributed by atoms with E-state index in [2.05, 4.69) is 5.10 Å². The third-order valence-electron chi connectivity index (χ3n) is 3.59. The predicted octanol–water partition coefficient (Wildman–Crippen LogP) is 4.33. The molecule has 1 heterocycles. The zero-order valence-electron chi connectivity index (χ0n) is 13.3. The molecule has 3 aromatic rings. The van der Waals surface area contributed by atoms with Crippen LogP contribution in [0.5, 0.6) is 5.75 Å². The molecule has 0 aliphatic heterocycles. The van der Waals surface area contributed by atoms with E-state index in [0.29, 0.717) is 28.8 Å². The van der Waals surface area contributed by atoms with E-state index in [1.165, 1.54) is 16.8 Å². The Kier molecular flexibility index (Phi) is 5.06. The first-order valence-corrected chi connectivity index (χ1v) is 8.44. The number of aromatic nitrogens is 2. The molecule has 2 aromatic carbocycles. The normalized spacial score (nSPS) is 10.8. The Morgan fingerprint density at radius 1 is 1.16 bits per heavy atom. The van der Waals surface area contributed by atoms with Gasteiger partial charge >= 0.3 is 5.97 Å². The lowest BCUT2D eigenvalue weighted by molar-refractivity contribution is 0.0728. The third-order valence-corrected chi connectivity index (χ3v) is 4.12. The maximum atomic E-state index is 12.6. The minimum Gasteiger partial charge on any atom is -0.420 e. The number of aryl methyl sites for hydroxylation is 1. The molecule has 0 saturated carbocycles. The van der Waals surface area contributed by atoms with Crippen molar-refractivity contribution in [1.29, 1.82) is 0 Å². The predicted molar refractivity (Wildman–Crippen MR) is 97.7 cm³/mol. The number of rotatable bonds is 4. The quantitative estimate of drug-likeness (QED) is 0.502. The van der Waals surface area contributed by atoms with Crippen molar-refractivity contribution in [3.05, 3.63) is 68.6 Å². The molecule has 7 heteroatoms. The van der Waals surface area contributed by atoms with Crippen LogP contribution in [0.1, 0.15) is 23.8 Å². The zero-order valence-corrected chi connectivity index (χ0v) is 14.8. The number of halogens is 2. The highest BCUT2D eigenvalue weighted by atomic mass is 35.5. The fourth-order valence-electron chi connectivity index (χ4n) is 2.46. The summed E-state index contributed by atoms with van der Waals surface area (Å²) in [5.41, 5.74) is -0.173. The highest BCUT2D eigenvalue weighted by Crippen LogP contribution is 2.28. The monoisotopic (exact) mass is 376 g/mol. The third kappa shape index (κ3) is 3.52. The first kappa shape index (κ1) is 17.5. The van der Waals surface area contributed by atoms with Crippen LogP contribution < -0.4 is 10.3 Å². The maximum absolute atomic E-state index is 12.6. The van der Waals surface area contributed by atoms with E-state index in [4.69, 9.17) is 27.9 Å². The van der Waals surface area contributed by atoms with Crippen molar-refractivity contribution in [3.63, 3.8) is 0 Å². The molecule has 5 nitrogen and oxygen atoms in total. The van der Waals surface area contributed by atoms with Crippen LogP contribution in [-0.2, 0) is 6.54 Å². The fraction of sp³-hybridized carbons (Fsp3) is 0.167. The van der Waals surface area contributed by atoms with Crippen molar-refractivity contribution < 1.29 is 9.53 Å². The molecule has 0 N–H and O–H groups in total. The summed E-state index contributed by atoms with van der Waals surface area (Å²) >= 11 is 11.9. The Morgan fingerprint density at radius 3 is 2.56 bits per heavy atom. The van der Waals surface area contributed by atoms with Gasteiger partial charge < -0.3 is 4.74 Å². The molecule has 0 radical (unpaired) electrons. The number of fused-ring (bicyclic) bond motifs is 1. The van der Waals surface area contributed by atoms with Crippen LogP contribution in [0, 0.1) is 0 Å². The van der Waals surface area contributed by atoms with E-state index in [-0.39, 0.29) is 22.0 Å². The number of hydrogen-bond acceptors (Lipinski definition) is 4. The van der Waals surface area contributed by atoms with Crippen LogP contribution in [0.2, 0.25) is 10.0 Å². The van der Waals surface area contributed by atoms with Crippen LogP contribution in [-0.4, -0.2) is 15.7 Å². The Hall–Kier alpha value is -2.37. The van der Waals surface area contributed by atoms with Crippen LogP contribution in [0.4, 0.5) is 0 Å². The van der Waals surface area contributed by atoms with E-state index < -0.39 is 5.97 Å². The van der Waals surface area contributed by atoms with Crippen molar-refractivity contribution in [3.8, 4) is 5.75 Å². The molecule has 3 rings (SSSR count). The number of ether oxygens (including phenoxy) is 1. The minimum absolute atomic E-state index is 0.0645. The van der Waals surface area contributed by atoms with Crippen LogP contribution in [0.3, 0.4) is 0 Å². The molecule has 0 aliphatic carbocycles. The molecule has 128 valence electrons. The van der Waals surface area contributed by atoms with Gasteiger partial charge in [-0.25, -0.2) is 9.48 Å². The van der Waals surface area contributed by atoms with E-state index in [1.807, 2.05) is 6.92 Å². The molecule has 0 saturated heterocycles. The summed E-state index contributed by atoms with van der Waals surface area (Å²) in [6, 6.07) is 11.4. The van der Waals surface area contributed by atoms with Crippen molar-refractivity contribution in [2.24, 2.45) is 0 Å². The molecule has 0 bridgehead atoms. The van der Waals surface area contributed by atoms with Crippen molar-refractivity contribution >= 4 is 39.9 Å². The summed E-state index contributed by atoms with van der Waals surface area (Å²) in [4.78, 5) is 25.1. The van der Waals surface area contributed by atoms with Crippen molar-refractivity contribution in [1.82, 2.24) is 9.78 Å². The summed E-state index contributed by atoms with van der Waals surface area (Å²) in [6.07, 6.45) is 0.711. The first-order chi connectivity index (χ1) is 12.0. The van der Waals surface area contributed by atoms with E-state index >= 15 is 0 Å². The lowest BCUT2D eigenvalue weighted by atomic mass is 10.1. The molecular weight excluding hydrogens is 363 g/mol. The average molecular weight is 377 g/mol. The highest BCUT2D eigenvalue weighted by molar-refractivity contribution is 6.35. The van der Waals surface area contributed by atoms with E-state index in [1.54, 1.807) is 30.3 Å². The van der Waals surface area contributed by atoms with Gasteiger partial charge in [0.25, 0.3) is 5.56 Å². The molecule has 25 heavy (non-hydrogen) atoms. The van der Waals surface area contributed by atoms with E-state index in [9.17, 15) is 9.59 Å². The fourth-order valence-corrected chi connectivity index (χ4v) is 2.90. The van der Waals surface area contributed by atoms with Gasteiger partial charge in [0, 0.05) is 17.0 Å². The van der Waals surface area contributed by atoms with Gasteiger partial charge in [-0.1, -0.05) is 48.3 Å². The number of benzene rings is 2. The summed E-state index contributed by atoms with van der Waals surface area (Å²) in [6.45, 7) is 2.33. The smallest absolute Gasteiger partial charge is 0.364 e. The molecule has 0 unspecified atom stereocenters. The summed E-state index contributed by atoms with van der Waals surface area (Å²) in [5.74, 6) is -0.513. The van der Waals surface area contributed by atoms with Gasteiger partial charge in [-0.2, -0.15) is 5.10 Å². The molecule has 0 fully saturated rings. The van der Waals surface area contributed by atoms with Crippen molar-refractivity contribution in [2.75, 3.05) is 0 Å². The van der Waals surface area contributed by atoms with Gasteiger partial charge in [0.1, 0.15) is 5.75 Å². The Bertz CT molecular complexity index is 1010. The van der Waals surface area contributed by atoms with Gasteiger partial charge in [0.15, 0.2) is 5.69 Å². The van der Waals surface area contributed by atoms with Gasteiger partial charge in [0.05, 0.1) is 10.4 Å². The second kappa shape index (κ2) is 7.25. The Labute approximate surface area is 153 Å². The SMILES string of the molecule is CCCn1nc(C(=O)Oc2ccc(Cl)cc2Cl)c2ccccc2c1=O. The van der Waals surface area contributed by atoms with Crippen LogP contribution in [0.15, 0.2) is 47.3 Å². The molecular formula is C18H14Cl2N2O3. The largest absolute Gasteiger partial charge is 0.420 e. The van der Waals surface area contributed by atoms with E-state index in [0.717, 1.165) is 0 Å². The zero-order chi connectivity index (χ0) is 18.0. The van der Waals surface area contributed by atoms with Gasteiger partial charge in [-0.15, -0.1) is 0 Å². The molecule has 0 aliphatic rings.